The van der Waals surface area contributed by atoms with Gasteiger partial charge in [0.2, 0.25) is 5.91 Å². The molecule has 0 radical (unpaired) electrons. The first-order valence-corrected chi connectivity index (χ1v) is 7.43. The Balaban J connectivity index is 0.00000361. The van der Waals surface area contributed by atoms with Gasteiger partial charge in [0.25, 0.3) is 0 Å². The molecule has 4 nitrogen and oxygen atoms in total. The van der Waals surface area contributed by atoms with Crippen molar-refractivity contribution in [1.82, 2.24) is 10.6 Å². The van der Waals surface area contributed by atoms with Gasteiger partial charge in [0, 0.05) is 36.7 Å². The molecule has 2 N–H and O–H groups in total. The summed E-state index contributed by atoms with van der Waals surface area (Å²) in [6.45, 7) is 2.86. The SMILES string of the molecule is COCCNCCNC(=O)CSc1ccc(Cl)cc1.Cl. The van der Waals surface area contributed by atoms with Crippen LogP contribution in [0.15, 0.2) is 29.2 Å². The predicted molar refractivity (Wildman–Crippen MR) is 87.2 cm³/mol. The van der Waals surface area contributed by atoms with E-state index in [-0.39, 0.29) is 18.3 Å². The number of halogens is 2. The van der Waals surface area contributed by atoms with Crippen molar-refractivity contribution < 1.29 is 9.53 Å². The van der Waals surface area contributed by atoms with E-state index in [0.29, 0.717) is 23.9 Å². The summed E-state index contributed by atoms with van der Waals surface area (Å²) in [4.78, 5) is 12.6. The fourth-order valence-electron chi connectivity index (χ4n) is 1.32. The van der Waals surface area contributed by atoms with Crippen LogP contribution in [0.2, 0.25) is 5.02 Å². The van der Waals surface area contributed by atoms with Crippen LogP contribution in [0, 0.1) is 0 Å². The monoisotopic (exact) mass is 338 g/mol. The van der Waals surface area contributed by atoms with Crippen LogP contribution in [0.3, 0.4) is 0 Å². The minimum absolute atomic E-state index is 0. The molecule has 1 amide bonds. The Hall–Kier alpha value is -0.460. The third kappa shape index (κ3) is 9.44. The van der Waals surface area contributed by atoms with Crippen molar-refractivity contribution in [2.45, 2.75) is 4.90 Å². The number of carbonyl (C=O) groups excluding carboxylic acids is 1. The number of benzene rings is 1. The number of hydrogen-bond acceptors (Lipinski definition) is 4. The first-order chi connectivity index (χ1) is 9.22. The maximum Gasteiger partial charge on any atom is 0.230 e. The number of methoxy groups -OCH3 is 1. The van der Waals surface area contributed by atoms with Crippen molar-refractivity contribution in [3.05, 3.63) is 29.3 Å². The Kier molecular flexibility index (Phi) is 12.0. The van der Waals surface area contributed by atoms with Crippen LogP contribution in [0.4, 0.5) is 0 Å². The van der Waals surface area contributed by atoms with Crippen LogP contribution in [-0.4, -0.2) is 45.0 Å². The van der Waals surface area contributed by atoms with Crippen molar-refractivity contribution in [2.24, 2.45) is 0 Å². The fraction of sp³-hybridized carbons (Fsp3) is 0.462. The van der Waals surface area contributed by atoms with Crippen molar-refractivity contribution in [3.8, 4) is 0 Å². The van der Waals surface area contributed by atoms with E-state index in [9.17, 15) is 4.79 Å². The second-order valence-corrected chi connectivity index (χ2v) is 5.32. The molecule has 0 spiro atoms. The molecule has 0 aliphatic carbocycles. The zero-order valence-electron chi connectivity index (χ0n) is 11.4. The van der Waals surface area contributed by atoms with E-state index in [1.54, 1.807) is 7.11 Å². The molecule has 0 aliphatic rings. The Morgan fingerprint density at radius 2 is 1.95 bits per heavy atom. The highest BCUT2D eigenvalue weighted by Crippen LogP contribution is 2.19. The summed E-state index contributed by atoms with van der Waals surface area (Å²) in [6, 6.07) is 7.46. The second-order valence-electron chi connectivity index (χ2n) is 3.84. The van der Waals surface area contributed by atoms with Gasteiger partial charge in [0.15, 0.2) is 0 Å². The molecule has 0 bridgehead atoms. The average Bonchev–Trinajstić information content (AvgIpc) is 2.42. The van der Waals surface area contributed by atoms with E-state index in [4.69, 9.17) is 16.3 Å². The molecule has 0 saturated carbocycles. The normalized spacial score (nSPS) is 9.90. The topological polar surface area (TPSA) is 50.4 Å². The summed E-state index contributed by atoms with van der Waals surface area (Å²) in [6.07, 6.45) is 0. The molecular formula is C13H20Cl2N2O2S. The molecule has 1 aromatic carbocycles. The van der Waals surface area contributed by atoms with Gasteiger partial charge in [0.05, 0.1) is 12.4 Å². The van der Waals surface area contributed by atoms with Crippen molar-refractivity contribution in [2.75, 3.05) is 39.1 Å². The summed E-state index contributed by atoms with van der Waals surface area (Å²) in [5.74, 6) is 0.452. The highest BCUT2D eigenvalue weighted by Gasteiger charge is 2.02. The number of carbonyl (C=O) groups is 1. The number of nitrogens with one attached hydrogen (secondary N) is 2. The summed E-state index contributed by atoms with van der Waals surface area (Å²) in [5.41, 5.74) is 0. The Bertz CT molecular complexity index is 377. The van der Waals surface area contributed by atoms with Crippen LogP contribution in [0.25, 0.3) is 0 Å². The number of rotatable bonds is 9. The van der Waals surface area contributed by atoms with E-state index >= 15 is 0 Å². The first-order valence-electron chi connectivity index (χ1n) is 6.07. The van der Waals surface area contributed by atoms with Crippen LogP contribution < -0.4 is 10.6 Å². The van der Waals surface area contributed by atoms with Crippen LogP contribution >= 0.6 is 35.8 Å². The summed E-state index contributed by atoms with van der Waals surface area (Å²) < 4.78 is 4.90. The summed E-state index contributed by atoms with van der Waals surface area (Å²) in [7, 11) is 1.66. The number of thioether (sulfide) groups is 1. The van der Waals surface area contributed by atoms with E-state index in [1.807, 2.05) is 24.3 Å². The maximum absolute atomic E-state index is 11.6. The molecule has 0 aromatic heterocycles. The van der Waals surface area contributed by atoms with Crippen LogP contribution in [-0.2, 0) is 9.53 Å². The molecule has 0 atom stereocenters. The third-order valence-electron chi connectivity index (χ3n) is 2.29. The van der Waals surface area contributed by atoms with Gasteiger partial charge in [-0.2, -0.15) is 0 Å². The first kappa shape index (κ1) is 19.5. The molecule has 1 aromatic rings. The van der Waals surface area contributed by atoms with Crippen LogP contribution in [0.1, 0.15) is 0 Å². The highest BCUT2D eigenvalue weighted by molar-refractivity contribution is 8.00. The lowest BCUT2D eigenvalue weighted by atomic mass is 10.4. The van der Waals surface area contributed by atoms with Gasteiger partial charge in [-0.25, -0.2) is 0 Å². The predicted octanol–water partition coefficient (Wildman–Crippen LogP) is 2.21. The standard InChI is InChI=1S/C13H19ClN2O2S.ClH/c1-18-9-8-15-6-7-16-13(17)10-19-12-4-2-11(14)3-5-12;/h2-5,15H,6-10H2,1H3,(H,16,17);1H. The Morgan fingerprint density at radius 1 is 1.25 bits per heavy atom. The zero-order chi connectivity index (χ0) is 13.9. The van der Waals surface area contributed by atoms with Gasteiger partial charge in [-0.15, -0.1) is 24.2 Å². The molecule has 0 saturated heterocycles. The van der Waals surface area contributed by atoms with Gasteiger partial charge < -0.3 is 15.4 Å². The minimum Gasteiger partial charge on any atom is -0.383 e. The Morgan fingerprint density at radius 3 is 2.60 bits per heavy atom. The number of ether oxygens (including phenoxy) is 1. The molecule has 0 heterocycles. The molecule has 1 rings (SSSR count). The smallest absolute Gasteiger partial charge is 0.230 e. The molecule has 0 aliphatic heterocycles. The Labute approximate surface area is 135 Å². The highest BCUT2D eigenvalue weighted by atomic mass is 35.5. The van der Waals surface area contributed by atoms with Gasteiger partial charge in [-0.05, 0) is 24.3 Å². The van der Waals surface area contributed by atoms with E-state index < -0.39 is 0 Å². The van der Waals surface area contributed by atoms with E-state index in [2.05, 4.69) is 10.6 Å². The summed E-state index contributed by atoms with van der Waals surface area (Å²) in [5, 5.41) is 6.72. The quantitative estimate of drug-likeness (QED) is 0.535. The van der Waals surface area contributed by atoms with Gasteiger partial charge in [-0.3, -0.25) is 4.79 Å². The van der Waals surface area contributed by atoms with E-state index in [1.165, 1.54) is 11.8 Å². The lowest BCUT2D eigenvalue weighted by molar-refractivity contribution is -0.118. The van der Waals surface area contributed by atoms with Crippen molar-refractivity contribution in [1.29, 1.82) is 0 Å². The van der Waals surface area contributed by atoms with Gasteiger partial charge >= 0.3 is 0 Å². The molecule has 0 unspecified atom stereocenters. The second kappa shape index (κ2) is 12.3. The van der Waals surface area contributed by atoms with E-state index in [0.717, 1.165) is 18.0 Å². The average molecular weight is 339 g/mol. The third-order valence-corrected chi connectivity index (χ3v) is 3.55. The molecule has 7 heteroatoms. The maximum atomic E-state index is 11.6. The van der Waals surface area contributed by atoms with Crippen LogP contribution in [0.5, 0.6) is 0 Å². The number of hydrogen-bond donors (Lipinski definition) is 2. The van der Waals surface area contributed by atoms with Crippen molar-refractivity contribution in [3.63, 3.8) is 0 Å². The molecular weight excluding hydrogens is 319 g/mol. The largest absolute Gasteiger partial charge is 0.383 e. The fourth-order valence-corrected chi connectivity index (χ4v) is 2.17. The molecule has 0 fully saturated rings. The minimum atomic E-state index is 0. The zero-order valence-corrected chi connectivity index (χ0v) is 13.7. The number of amides is 1. The van der Waals surface area contributed by atoms with Crippen molar-refractivity contribution >= 4 is 41.7 Å². The molecule has 114 valence electrons. The van der Waals surface area contributed by atoms with Gasteiger partial charge in [0.1, 0.15) is 0 Å². The summed E-state index contributed by atoms with van der Waals surface area (Å²) >= 11 is 7.29. The lowest BCUT2D eigenvalue weighted by Gasteiger charge is -2.06. The molecule has 20 heavy (non-hydrogen) atoms. The lowest BCUT2D eigenvalue weighted by Crippen LogP contribution is -2.33. The van der Waals surface area contributed by atoms with Gasteiger partial charge in [-0.1, -0.05) is 11.6 Å².